The van der Waals surface area contributed by atoms with Crippen molar-refractivity contribution in [3.8, 4) is 0 Å². The molecule has 0 atom stereocenters. The zero-order valence-corrected chi connectivity index (χ0v) is 11.7. The molecule has 0 aliphatic carbocycles. The Hall–Kier alpha value is -0.940. The zero-order valence-electron chi connectivity index (χ0n) is 11.7. The van der Waals surface area contributed by atoms with Gasteiger partial charge in [0.25, 0.3) is 0 Å². The largest absolute Gasteiger partial charge is 0.481 e. The molecular weight excluding hydrogens is 236 g/mol. The number of carbonyl (C=O) groups excluding carboxylic acids is 1. The topological polar surface area (TPSA) is 72.8 Å². The Bertz CT molecular complexity index is 271. The third-order valence-electron chi connectivity index (χ3n) is 2.48. The van der Waals surface area contributed by atoms with Gasteiger partial charge < -0.3 is 19.4 Å². The third kappa shape index (κ3) is 9.13. The van der Waals surface area contributed by atoms with Crippen LogP contribution in [0.5, 0.6) is 0 Å². The molecule has 0 heterocycles. The number of hydrogen-bond donors (Lipinski definition) is 1. The molecule has 0 amide bonds. The van der Waals surface area contributed by atoms with Crippen LogP contribution in [-0.2, 0) is 19.1 Å². The molecule has 0 aliphatic rings. The van der Waals surface area contributed by atoms with Crippen LogP contribution >= 0.6 is 0 Å². The Morgan fingerprint density at radius 2 is 1.78 bits per heavy atom. The van der Waals surface area contributed by atoms with E-state index >= 15 is 0 Å². The minimum atomic E-state index is -0.877. The normalized spacial score (nSPS) is 12.4. The fraction of sp³-hybridized carbons (Fsp3) is 0.846. The van der Waals surface area contributed by atoms with Gasteiger partial charge in [-0.15, -0.1) is 0 Å². The van der Waals surface area contributed by atoms with E-state index in [1.54, 1.807) is 0 Å². The first-order valence-electron chi connectivity index (χ1n) is 6.12. The van der Waals surface area contributed by atoms with Gasteiger partial charge >= 0.3 is 5.97 Å². The molecular formula is C13H24O5. The van der Waals surface area contributed by atoms with Crippen LogP contribution in [0.4, 0.5) is 0 Å². The summed E-state index contributed by atoms with van der Waals surface area (Å²) in [5, 5.41) is 8.52. The van der Waals surface area contributed by atoms with Crippen molar-refractivity contribution in [1.82, 2.24) is 0 Å². The van der Waals surface area contributed by atoms with E-state index in [0.29, 0.717) is 19.4 Å². The van der Waals surface area contributed by atoms with Crippen LogP contribution in [0.25, 0.3) is 0 Å². The molecule has 0 spiro atoms. The van der Waals surface area contributed by atoms with Crippen LogP contribution in [0.1, 0.15) is 47.0 Å². The summed E-state index contributed by atoms with van der Waals surface area (Å²) in [4.78, 5) is 20.7. The van der Waals surface area contributed by atoms with E-state index in [1.807, 2.05) is 27.7 Å². The van der Waals surface area contributed by atoms with E-state index in [9.17, 15) is 9.59 Å². The molecule has 106 valence electrons. The molecule has 5 nitrogen and oxygen atoms in total. The lowest BCUT2D eigenvalue weighted by Crippen LogP contribution is -2.37. The van der Waals surface area contributed by atoms with E-state index in [1.165, 1.54) is 0 Å². The van der Waals surface area contributed by atoms with Crippen molar-refractivity contribution in [3.05, 3.63) is 0 Å². The minimum Gasteiger partial charge on any atom is -0.481 e. The van der Waals surface area contributed by atoms with Crippen molar-refractivity contribution in [2.75, 3.05) is 13.2 Å². The highest BCUT2D eigenvalue weighted by molar-refractivity contribution is 5.66. The van der Waals surface area contributed by atoms with Gasteiger partial charge in [-0.05, 0) is 34.1 Å². The Morgan fingerprint density at radius 1 is 1.17 bits per heavy atom. The van der Waals surface area contributed by atoms with Gasteiger partial charge in [0.15, 0.2) is 0 Å². The number of aldehydes is 1. The van der Waals surface area contributed by atoms with Crippen molar-refractivity contribution in [3.63, 3.8) is 0 Å². The van der Waals surface area contributed by atoms with Crippen LogP contribution < -0.4 is 0 Å². The standard InChI is InChI=1S/C13H24O5/c1-12(2,7-5-8-14)18-10-13(3,4)17-9-6-11(15)16/h8H,5-7,9-10H2,1-4H3,(H,15,16). The molecule has 18 heavy (non-hydrogen) atoms. The summed E-state index contributed by atoms with van der Waals surface area (Å²) in [6.07, 6.45) is 1.98. The first-order valence-corrected chi connectivity index (χ1v) is 6.12. The van der Waals surface area contributed by atoms with E-state index in [4.69, 9.17) is 14.6 Å². The van der Waals surface area contributed by atoms with Gasteiger partial charge in [-0.25, -0.2) is 0 Å². The van der Waals surface area contributed by atoms with Crippen molar-refractivity contribution < 1.29 is 24.2 Å². The molecule has 5 heteroatoms. The summed E-state index contributed by atoms with van der Waals surface area (Å²) in [6.45, 7) is 8.07. The molecule has 1 N–H and O–H groups in total. The van der Waals surface area contributed by atoms with Crippen LogP contribution in [0.15, 0.2) is 0 Å². The Morgan fingerprint density at radius 3 is 2.28 bits per heavy atom. The maximum absolute atomic E-state index is 10.4. The van der Waals surface area contributed by atoms with E-state index in [-0.39, 0.29) is 18.6 Å². The third-order valence-corrected chi connectivity index (χ3v) is 2.48. The van der Waals surface area contributed by atoms with Crippen LogP contribution in [0.3, 0.4) is 0 Å². The monoisotopic (exact) mass is 260 g/mol. The highest BCUT2D eigenvalue weighted by Gasteiger charge is 2.25. The van der Waals surface area contributed by atoms with Crippen molar-refractivity contribution in [2.45, 2.75) is 58.2 Å². The average molecular weight is 260 g/mol. The maximum atomic E-state index is 10.4. The van der Waals surface area contributed by atoms with Crippen LogP contribution in [0, 0.1) is 0 Å². The number of carbonyl (C=O) groups is 2. The summed E-state index contributed by atoms with van der Waals surface area (Å²) < 4.78 is 11.2. The van der Waals surface area contributed by atoms with Crippen molar-refractivity contribution >= 4 is 12.3 Å². The lowest BCUT2D eigenvalue weighted by molar-refractivity contribution is -0.144. The second-order valence-corrected chi connectivity index (χ2v) is 5.51. The predicted octanol–water partition coefficient (Wildman–Crippen LogP) is 2.03. The van der Waals surface area contributed by atoms with Gasteiger partial charge in [-0.3, -0.25) is 4.79 Å². The Labute approximate surface area is 108 Å². The van der Waals surface area contributed by atoms with Crippen molar-refractivity contribution in [1.29, 1.82) is 0 Å². The number of carboxylic acids is 1. The first-order chi connectivity index (χ1) is 8.18. The lowest BCUT2D eigenvalue weighted by Gasteiger charge is -2.31. The summed E-state index contributed by atoms with van der Waals surface area (Å²) in [6, 6.07) is 0. The summed E-state index contributed by atoms with van der Waals surface area (Å²) in [5.74, 6) is -0.877. The molecule has 0 radical (unpaired) electrons. The maximum Gasteiger partial charge on any atom is 0.305 e. The van der Waals surface area contributed by atoms with Gasteiger partial charge in [0.1, 0.15) is 6.29 Å². The van der Waals surface area contributed by atoms with E-state index in [2.05, 4.69) is 0 Å². The van der Waals surface area contributed by atoms with Crippen LogP contribution in [-0.4, -0.2) is 41.8 Å². The molecule has 0 fully saturated rings. The minimum absolute atomic E-state index is 0.0159. The quantitative estimate of drug-likeness (QED) is 0.608. The van der Waals surface area contributed by atoms with E-state index in [0.717, 1.165) is 6.29 Å². The van der Waals surface area contributed by atoms with Gasteiger partial charge in [-0.1, -0.05) is 0 Å². The summed E-state index contributed by atoms with van der Waals surface area (Å²) in [7, 11) is 0. The number of aliphatic carboxylic acids is 1. The second kappa shape index (κ2) is 7.48. The summed E-state index contributed by atoms with van der Waals surface area (Å²) in [5.41, 5.74) is -0.914. The molecule has 0 saturated carbocycles. The number of rotatable bonds is 10. The van der Waals surface area contributed by atoms with E-state index < -0.39 is 11.6 Å². The number of hydrogen-bond acceptors (Lipinski definition) is 4. The first kappa shape index (κ1) is 17.1. The SMILES string of the molecule is CC(C)(CCC=O)OCC(C)(C)OCCC(=O)O. The summed E-state index contributed by atoms with van der Waals surface area (Å²) >= 11 is 0. The molecule has 0 aromatic heterocycles. The number of carboxylic acid groups (broad SMARTS) is 1. The zero-order chi connectivity index (χ0) is 14.2. The highest BCUT2D eigenvalue weighted by atomic mass is 16.6. The van der Waals surface area contributed by atoms with Gasteiger partial charge in [0.05, 0.1) is 30.8 Å². The predicted molar refractivity (Wildman–Crippen MR) is 67.6 cm³/mol. The molecule has 0 aromatic carbocycles. The molecule has 0 aromatic rings. The molecule has 0 aliphatic heterocycles. The highest BCUT2D eigenvalue weighted by Crippen LogP contribution is 2.20. The lowest BCUT2D eigenvalue weighted by atomic mass is 10.0. The molecule has 0 bridgehead atoms. The molecule has 0 saturated heterocycles. The molecule has 0 unspecified atom stereocenters. The molecule has 0 rings (SSSR count). The van der Waals surface area contributed by atoms with Gasteiger partial charge in [0, 0.05) is 6.42 Å². The number of ether oxygens (including phenoxy) is 2. The van der Waals surface area contributed by atoms with Gasteiger partial charge in [-0.2, -0.15) is 0 Å². The average Bonchev–Trinajstić information content (AvgIpc) is 2.23. The fourth-order valence-corrected chi connectivity index (χ4v) is 1.30. The van der Waals surface area contributed by atoms with Crippen LogP contribution in [0.2, 0.25) is 0 Å². The Balaban J connectivity index is 4.00. The fourth-order valence-electron chi connectivity index (χ4n) is 1.30. The van der Waals surface area contributed by atoms with Gasteiger partial charge in [0.2, 0.25) is 0 Å². The smallest absolute Gasteiger partial charge is 0.305 e. The Kier molecular flexibility index (Phi) is 7.09. The second-order valence-electron chi connectivity index (χ2n) is 5.51. The van der Waals surface area contributed by atoms with Crippen molar-refractivity contribution in [2.24, 2.45) is 0 Å².